The molecule has 0 amide bonds. The lowest BCUT2D eigenvalue weighted by Crippen LogP contribution is -2.40. The van der Waals surface area contributed by atoms with Crippen LogP contribution >= 0.6 is 0 Å². The van der Waals surface area contributed by atoms with Crippen molar-refractivity contribution in [2.75, 3.05) is 47.5 Å². The summed E-state index contributed by atoms with van der Waals surface area (Å²) in [4.78, 5) is 37.4. The maximum atomic E-state index is 12.9. The molecule has 0 rings (SSSR count). The minimum atomic E-state index is -1.50. The first kappa shape index (κ1) is 72.3. The lowest BCUT2D eigenvalue weighted by atomic mass is 10.0. The molecule has 0 spiro atoms. The Morgan fingerprint density at radius 3 is 0.865 bits per heavy atom. The number of hydrogen-bond acceptors (Lipinski definition) is 7. The number of carboxylic acids is 1. The van der Waals surface area contributed by atoms with E-state index in [1.54, 1.807) is 0 Å². The fraction of sp³-hybridized carbons (Fsp3) is 0.954. The van der Waals surface area contributed by atoms with E-state index in [2.05, 4.69) is 13.8 Å². The monoisotopic (exact) mass is 1050 g/mol. The molecule has 9 heteroatoms. The van der Waals surface area contributed by atoms with Crippen molar-refractivity contribution in [3.05, 3.63) is 0 Å². The Balaban J connectivity index is 3.95. The predicted octanol–water partition coefficient (Wildman–Crippen LogP) is 19.5. The molecule has 9 nitrogen and oxygen atoms in total. The summed E-state index contributed by atoms with van der Waals surface area (Å²) in [5, 5.41) is 9.70. The molecule has 0 aromatic heterocycles. The number of carbonyl (C=O) groups is 3. The van der Waals surface area contributed by atoms with Crippen LogP contribution in [0, 0.1) is 0 Å². The van der Waals surface area contributed by atoms with Crippen LogP contribution in [0.25, 0.3) is 0 Å². The molecule has 2 atom stereocenters. The number of carbonyl (C=O) groups excluding carboxylic acids is 2. The Bertz CT molecular complexity index is 1180. The molecule has 440 valence electrons. The Morgan fingerprint density at radius 1 is 0.351 bits per heavy atom. The molecule has 2 unspecified atom stereocenters. The SMILES string of the molecule is CCCCCCCCCCCCCCCCCCCCCCCCCCCCCCCCCCCCCC(=O)OC(COC(=O)CCCCCCCCCCCCCCCC)COC(OCC[N+](C)(C)C)C(=O)O. The first-order chi connectivity index (χ1) is 36.1. The van der Waals surface area contributed by atoms with Crippen LogP contribution in [0.2, 0.25) is 0 Å². The van der Waals surface area contributed by atoms with Crippen molar-refractivity contribution < 1.29 is 42.9 Å². The van der Waals surface area contributed by atoms with Gasteiger partial charge in [0.05, 0.1) is 34.4 Å². The van der Waals surface area contributed by atoms with Crippen LogP contribution in [0.1, 0.15) is 341 Å². The molecule has 0 saturated carbocycles. The molecule has 0 saturated heterocycles. The number of hydrogen-bond donors (Lipinski definition) is 1. The van der Waals surface area contributed by atoms with E-state index in [1.165, 1.54) is 276 Å². The van der Waals surface area contributed by atoms with E-state index < -0.39 is 18.4 Å². The van der Waals surface area contributed by atoms with Gasteiger partial charge in [-0.1, -0.05) is 316 Å². The smallest absolute Gasteiger partial charge is 0.361 e. The van der Waals surface area contributed by atoms with Crippen LogP contribution in [-0.2, 0) is 33.3 Å². The Morgan fingerprint density at radius 2 is 0.608 bits per heavy atom. The first-order valence-corrected chi connectivity index (χ1v) is 32.7. The van der Waals surface area contributed by atoms with Crippen molar-refractivity contribution in [1.29, 1.82) is 0 Å². The summed E-state index contributed by atoms with van der Waals surface area (Å²) in [6.45, 7) is 4.95. The molecule has 0 heterocycles. The van der Waals surface area contributed by atoms with Gasteiger partial charge in [-0.15, -0.1) is 0 Å². The standard InChI is InChI=1S/C65H127NO8/c1-6-8-10-12-14-16-18-20-22-23-24-25-26-27-28-29-30-31-32-33-34-35-36-37-38-39-40-41-42-44-46-48-50-52-54-56-63(68)74-61(60-73-65(64(69)70)71-58-57-66(3,4)5)59-72-62(67)55-53-51-49-47-45-43-21-19-17-15-13-11-9-7-2/h61,65H,6-60H2,1-5H3/p+1. The van der Waals surface area contributed by atoms with Crippen molar-refractivity contribution in [2.45, 2.75) is 354 Å². The van der Waals surface area contributed by atoms with Gasteiger partial charge in [-0.3, -0.25) is 9.59 Å². The zero-order valence-electron chi connectivity index (χ0n) is 50.3. The highest BCUT2D eigenvalue weighted by molar-refractivity contribution is 5.71. The van der Waals surface area contributed by atoms with E-state index >= 15 is 0 Å². The summed E-state index contributed by atoms with van der Waals surface area (Å²) in [5.74, 6) is -1.97. The van der Waals surface area contributed by atoms with E-state index in [9.17, 15) is 19.5 Å². The summed E-state index contributed by atoms with van der Waals surface area (Å²) in [5.41, 5.74) is 0. The van der Waals surface area contributed by atoms with Gasteiger partial charge in [0, 0.05) is 12.8 Å². The van der Waals surface area contributed by atoms with Crippen molar-refractivity contribution in [1.82, 2.24) is 0 Å². The second kappa shape index (κ2) is 57.5. The fourth-order valence-electron chi connectivity index (χ4n) is 10.1. The third-order valence-electron chi connectivity index (χ3n) is 15.1. The van der Waals surface area contributed by atoms with Crippen molar-refractivity contribution in [3.63, 3.8) is 0 Å². The van der Waals surface area contributed by atoms with Crippen LogP contribution in [0.3, 0.4) is 0 Å². The predicted molar refractivity (Wildman–Crippen MR) is 314 cm³/mol. The number of aliphatic carboxylic acids is 1. The third-order valence-corrected chi connectivity index (χ3v) is 15.1. The van der Waals surface area contributed by atoms with E-state index in [0.717, 1.165) is 38.5 Å². The molecule has 0 aromatic carbocycles. The molecule has 1 N–H and O–H groups in total. The van der Waals surface area contributed by atoms with Gasteiger partial charge in [-0.2, -0.15) is 0 Å². The van der Waals surface area contributed by atoms with Gasteiger partial charge < -0.3 is 28.5 Å². The quantitative estimate of drug-likeness (QED) is 0.0278. The third kappa shape index (κ3) is 58.0. The number of ether oxygens (including phenoxy) is 4. The molecule has 74 heavy (non-hydrogen) atoms. The van der Waals surface area contributed by atoms with Crippen LogP contribution in [0.4, 0.5) is 0 Å². The number of likely N-dealkylation sites (N-methyl/N-ethyl adjacent to an activating group) is 1. The molecule has 0 bridgehead atoms. The molecule has 0 radical (unpaired) electrons. The molecular weight excluding hydrogens is 923 g/mol. The maximum absolute atomic E-state index is 12.9. The largest absolute Gasteiger partial charge is 0.477 e. The lowest BCUT2D eigenvalue weighted by molar-refractivity contribution is -0.870. The number of unbranched alkanes of at least 4 members (excludes halogenated alkanes) is 47. The average Bonchev–Trinajstić information content (AvgIpc) is 3.37. The minimum absolute atomic E-state index is 0.173. The molecule has 0 aliphatic carbocycles. The van der Waals surface area contributed by atoms with Crippen molar-refractivity contribution >= 4 is 17.9 Å². The first-order valence-electron chi connectivity index (χ1n) is 32.7. The van der Waals surface area contributed by atoms with Crippen LogP contribution < -0.4 is 0 Å². The molecule has 0 fully saturated rings. The van der Waals surface area contributed by atoms with Gasteiger partial charge in [0.2, 0.25) is 0 Å². The normalized spacial score (nSPS) is 12.6. The highest BCUT2D eigenvalue weighted by atomic mass is 16.7. The number of nitrogens with zero attached hydrogens (tertiary/aromatic N) is 1. The lowest BCUT2D eigenvalue weighted by Gasteiger charge is -2.25. The summed E-state index contributed by atoms with van der Waals surface area (Å²) in [6.07, 6.45) is 63.7. The molecule has 0 aliphatic heterocycles. The van der Waals surface area contributed by atoms with E-state index in [-0.39, 0.29) is 38.2 Å². The van der Waals surface area contributed by atoms with Crippen LogP contribution in [0.5, 0.6) is 0 Å². The zero-order chi connectivity index (χ0) is 54.1. The number of quaternary nitrogens is 1. The number of esters is 2. The minimum Gasteiger partial charge on any atom is -0.477 e. The van der Waals surface area contributed by atoms with E-state index in [4.69, 9.17) is 18.9 Å². The van der Waals surface area contributed by atoms with Gasteiger partial charge in [0.25, 0.3) is 6.29 Å². The molecule has 0 aromatic rings. The van der Waals surface area contributed by atoms with Crippen molar-refractivity contribution in [2.24, 2.45) is 0 Å². The highest BCUT2D eigenvalue weighted by Gasteiger charge is 2.25. The second-order valence-electron chi connectivity index (χ2n) is 23.8. The van der Waals surface area contributed by atoms with Gasteiger partial charge >= 0.3 is 17.9 Å². The summed E-state index contributed by atoms with van der Waals surface area (Å²) < 4.78 is 22.9. The summed E-state index contributed by atoms with van der Waals surface area (Å²) in [7, 11) is 5.99. The number of rotatable bonds is 62. The Labute approximate surface area is 460 Å². The summed E-state index contributed by atoms with van der Waals surface area (Å²) >= 11 is 0. The molecular formula is C65H128NO8+. The van der Waals surface area contributed by atoms with E-state index in [0.29, 0.717) is 17.4 Å². The van der Waals surface area contributed by atoms with E-state index in [1.807, 2.05) is 21.1 Å². The van der Waals surface area contributed by atoms with Crippen LogP contribution in [0.15, 0.2) is 0 Å². The zero-order valence-corrected chi connectivity index (χ0v) is 50.3. The topological polar surface area (TPSA) is 108 Å². The van der Waals surface area contributed by atoms with Gasteiger partial charge in [0.15, 0.2) is 6.10 Å². The Kier molecular flexibility index (Phi) is 56.1. The molecule has 0 aliphatic rings. The average molecular weight is 1050 g/mol. The highest BCUT2D eigenvalue weighted by Crippen LogP contribution is 2.19. The maximum Gasteiger partial charge on any atom is 0.361 e. The summed E-state index contributed by atoms with van der Waals surface area (Å²) in [6, 6.07) is 0. The van der Waals surface area contributed by atoms with Gasteiger partial charge in [0.1, 0.15) is 13.2 Å². The number of carboxylic acid groups (broad SMARTS) is 1. The fourth-order valence-corrected chi connectivity index (χ4v) is 10.1. The second-order valence-corrected chi connectivity index (χ2v) is 23.8. The van der Waals surface area contributed by atoms with Crippen LogP contribution in [-0.4, -0.2) is 87.4 Å². The Hall–Kier alpha value is -1.71. The van der Waals surface area contributed by atoms with Crippen molar-refractivity contribution in [3.8, 4) is 0 Å². The van der Waals surface area contributed by atoms with Gasteiger partial charge in [-0.05, 0) is 12.8 Å². The van der Waals surface area contributed by atoms with Gasteiger partial charge in [-0.25, -0.2) is 4.79 Å².